The first kappa shape index (κ1) is 19.4. The van der Waals surface area contributed by atoms with Crippen LogP contribution in [0.1, 0.15) is 16.1 Å². The Hall–Kier alpha value is -3.32. The average Bonchev–Trinajstić information content (AvgIpc) is 3.16. The van der Waals surface area contributed by atoms with Gasteiger partial charge in [-0.2, -0.15) is 0 Å². The van der Waals surface area contributed by atoms with Gasteiger partial charge in [0.15, 0.2) is 5.76 Å². The third-order valence-electron chi connectivity index (χ3n) is 4.16. The fraction of sp³-hybridized carbons (Fsp3) is 0.150. The number of anilines is 1. The average molecular weight is 400 g/mol. The molecule has 8 heteroatoms. The van der Waals surface area contributed by atoms with Gasteiger partial charge in [-0.15, -0.1) is 0 Å². The summed E-state index contributed by atoms with van der Waals surface area (Å²) >= 11 is 6.10. The summed E-state index contributed by atoms with van der Waals surface area (Å²) in [4.78, 5) is 24.6. The van der Waals surface area contributed by atoms with Crippen LogP contribution in [-0.4, -0.2) is 24.9 Å². The summed E-state index contributed by atoms with van der Waals surface area (Å²) in [5.74, 6) is 0.135. The summed E-state index contributed by atoms with van der Waals surface area (Å²) in [5, 5.41) is 13.8. The first-order chi connectivity index (χ1) is 13.3. The molecular formula is C20H18ClN3O4. The molecule has 7 nitrogen and oxygen atoms in total. The first-order valence-corrected chi connectivity index (χ1v) is 8.81. The molecule has 3 rings (SSSR count). The molecule has 0 saturated carbocycles. The predicted octanol–water partition coefficient (Wildman–Crippen LogP) is 4.50. The number of amides is 1. The van der Waals surface area contributed by atoms with Gasteiger partial charge in [0.05, 0.1) is 9.95 Å². The van der Waals surface area contributed by atoms with Crippen molar-refractivity contribution in [3.05, 3.63) is 81.1 Å². The third-order valence-corrected chi connectivity index (χ3v) is 4.48. The summed E-state index contributed by atoms with van der Waals surface area (Å²) in [6.07, 6.45) is 0. The Balaban J connectivity index is 1.68. The molecule has 0 aliphatic rings. The molecular weight excluding hydrogens is 382 g/mol. The fourth-order valence-electron chi connectivity index (χ4n) is 2.60. The van der Waals surface area contributed by atoms with Gasteiger partial charge in [0.2, 0.25) is 0 Å². The van der Waals surface area contributed by atoms with Crippen LogP contribution in [-0.2, 0) is 6.54 Å². The van der Waals surface area contributed by atoms with Crippen molar-refractivity contribution >= 4 is 28.9 Å². The van der Waals surface area contributed by atoms with Crippen LogP contribution in [0, 0.1) is 10.1 Å². The molecule has 0 radical (unpaired) electrons. The van der Waals surface area contributed by atoms with Crippen LogP contribution in [0.2, 0.25) is 5.02 Å². The molecule has 1 heterocycles. The minimum atomic E-state index is -0.526. The van der Waals surface area contributed by atoms with Crippen LogP contribution >= 0.6 is 11.6 Å². The number of non-ortho nitro benzene ring substituents is 1. The predicted molar refractivity (Wildman–Crippen MR) is 108 cm³/mol. The van der Waals surface area contributed by atoms with Crippen LogP contribution in [0.25, 0.3) is 11.3 Å². The topological polar surface area (TPSA) is 88.6 Å². The number of nitrogens with zero attached hydrogens (tertiary/aromatic N) is 2. The van der Waals surface area contributed by atoms with Crippen LogP contribution < -0.4 is 10.2 Å². The zero-order valence-corrected chi connectivity index (χ0v) is 16.1. The number of furan rings is 1. The number of nitro benzene ring substituents is 1. The monoisotopic (exact) mass is 399 g/mol. The lowest BCUT2D eigenvalue weighted by Crippen LogP contribution is -2.22. The lowest BCUT2D eigenvalue weighted by atomic mass is 10.1. The second-order valence-electron chi connectivity index (χ2n) is 6.33. The molecule has 28 heavy (non-hydrogen) atoms. The maximum Gasteiger partial charge on any atom is 0.287 e. The molecule has 0 unspecified atom stereocenters. The Morgan fingerprint density at radius 1 is 1.14 bits per heavy atom. The van der Waals surface area contributed by atoms with Crippen molar-refractivity contribution in [1.29, 1.82) is 0 Å². The molecule has 1 amide bonds. The number of hydrogen-bond donors (Lipinski definition) is 1. The van der Waals surface area contributed by atoms with Crippen molar-refractivity contribution in [1.82, 2.24) is 5.32 Å². The minimum Gasteiger partial charge on any atom is -0.451 e. The summed E-state index contributed by atoms with van der Waals surface area (Å²) < 4.78 is 5.58. The van der Waals surface area contributed by atoms with E-state index in [2.05, 4.69) is 5.32 Å². The second-order valence-corrected chi connectivity index (χ2v) is 6.74. The van der Waals surface area contributed by atoms with E-state index in [9.17, 15) is 14.9 Å². The third kappa shape index (κ3) is 4.32. The quantitative estimate of drug-likeness (QED) is 0.486. The maximum atomic E-state index is 12.3. The summed E-state index contributed by atoms with van der Waals surface area (Å²) in [6.45, 7) is 0.362. The van der Waals surface area contributed by atoms with Crippen molar-refractivity contribution in [3.8, 4) is 11.3 Å². The molecule has 1 aromatic heterocycles. The van der Waals surface area contributed by atoms with Crippen LogP contribution in [0.3, 0.4) is 0 Å². The molecule has 0 aliphatic carbocycles. The van der Waals surface area contributed by atoms with Crippen molar-refractivity contribution in [2.24, 2.45) is 0 Å². The van der Waals surface area contributed by atoms with Crippen LogP contribution in [0.5, 0.6) is 0 Å². The number of benzene rings is 2. The molecule has 0 saturated heterocycles. The molecule has 144 valence electrons. The Morgan fingerprint density at radius 3 is 2.46 bits per heavy atom. The Morgan fingerprint density at radius 2 is 1.86 bits per heavy atom. The van der Waals surface area contributed by atoms with Gasteiger partial charge < -0.3 is 14.6 Å². The van der Waals surface area contributed by atoms with Crippen molar-refractivity contribution in [2.45, 2.75) is 6.54 Å². The van der Waals surface area contributed by atoms with Gasteiger partial charge in [-0.1, -0.05) is 23.7 Å². The van der Waals surface area contributed by atoms with E-state index in [0.717, 1.165) is 11.3 Å². The molecule has 3 aromatic rings. The highest BCUT2D eigenvalue weighted by Gasteiger charge is 2.16. The minimum absolute atomic E-state index is 0.112. The number of nitro groups is 1. The lowest BCUT2D eigenvalue weighted by Gasteiger charge is -2.12. The number of nitrogens with one attached hydrogen (secondary N) is 1. The summed E-state index contributed by atoms with van der Waals surface area (Å²) in [7, 11) is 3.92. The molecule has 0 aliphatic heterocycles. The van der Waals surface area contributed by atoms with Gasteiger partial charge in [-0.25, -0.2) is 0 Å². The second kappa shape index (κ2) is 8.14. The molecule has 0 bridgehead atoms. The fourth-order valence-corrected chi connectivity index (χ4v) is 2.87. The van der Waals surface area contributed by atoms with Gasteiger partial charge in [0, 0.05) is 44.0 Å². The molecule has 0 fully saturated rings. The number of rotatable bonds is 6. The van der Waals surface area contributed by atoms with Crippen LogP contribution in [0.4, 0.5) is 11.4 Å². The van der Waals surface area contributed by atoms with Gasteiger partial charge in [0.1, 0.15) is 5.76 Å². The SMILES string of the molecule is CN(C)c1ccc(CNC(=O)c2ccc(-c3ccc([N+](=O)[O-])cc3Cl)o2)cc1. The van der Waals surface area contributed by atoms with Gasteiger partial charge in [0.25, 0.3) is 11.6 Å². The molecule has 2 aromatic carbocycles. The Labute approximate surface area is 166 Å². The van der Waals surface area contributed by atoms with Crippen LogP contribution in [0.15, 0.2) is 59.0 Å². The zero-order chi connectivity index (χ0) is 20.3. The normalized spacial score (nSPS) is 10.5. The molecule has 1 N–H and O–H groups in total. The first-order valence-electron chi connectivity index (χ1n) is 8.44. The highest BCUT2D eigenvalue weighted by Crippen LogP contribution is 2.32. The Bertz CT molecular complexity index is 1010. The van der Waals surface area contributed by atoms with E-state index in [1.54, 1.807) is 6.07 Å². The van der Waals surface area contributed by atoms with E-state index in [1.807, 2.05) is 43.3 Å². The summed E-state index contributed by atoms with van der Waals surface area (Å²) in [6, 6.07) is 15.1. The van der Waals surface area contributed by atoms with E-state index >= 15 is 0 Å². The standard InChI is InChI=1S/C20H18ClN3O4/c1-23(2)14-5-3-13(4-6-14)12-22-20(25)19-10-9-18(28-19)16-8-7-15(24(26)27)11-17(16)21/h3-11H,12H2,1-2H3,(H,22,25). The number of carbonyl (C=O) groups excluding carboxylic acids is 1. The van der Waals surface area contributed by atoms with Crippen molar-refractivity contribution in [3.63, 3.8) is 0 Å². The van der Waals surface area contributed by atoms with E-state index < -0.39 is 4.92 Å². The zero-order valence-electron chi connectivity index (χ0n) is 15.3. The molecule has 0 atom stereocenters. The van der Waals surface area contributed by atoms with Gasteiger partial charge in [-0.05, 0) is 35.9 Å². The molecule has 0 spiro atoms. The largest absolute Gasteiger partial charge is 0.451 e. The Kier molecular flexibility index (Phi) is 5.65. The highest BCUT2D eigenvalue weighted by molar-refractivity contribution is 6.33. The smallest absolute Gasteiger partial charge is 0.287 e. The van der Waals surface area contributed by atoms with Crippen molar-refractivity contribution in [2.75, 3.05) is 19.0 Å². The van der Waals surface area contributed by atoms with E-state index in [1.165, 1.54) is 24.3 Å². The number of carbonyl (C=O) groups is 1. The number of halogens is 1. The maximum absolute atomic E-state index is 12.3. The van der Waals surface area contributed by atoms with Gasteiger partial charge in [-0.3, -0.25) is 14.9 Å². The van der Waals surface area contributed by atoms with E-state index in [0.29, 0.717) is 17.9 Å². The van der Waals surface area contributed by atoms with Crippen molar-refractivity contribution < 1.29 is 14.1 Å². The van der Waals surface area contributed by atoms with E-state index in [4.69, 9.17) is 16.0 Å². The highest BCUT2D eigenvalue weighted by atomic mass is 35.5. The van der Waals surface area contributed by atoms with E-state index in [-0.39, 0.29) is 22.4 Å². The number of hydrogen-bond acceptors (Lipinski definition) is 5. The lowest BCUT2D eigenvalue weighted by molar-refractivity contribution is -0.384. The van der Waals surface area contributed by atoms with Gasteiger partial charge >= 0.3 is 0 Å². The summed E-state index contributed by atoms with van der Waals surface area (Å²) in [5.41, 5.74) is 2.40.